The Morgan fingerprint density at radius 2 is 2.13 bits per heavy atom. The fraction of sp³-hybridized carbons (Fsp3) is 0.500. The molecule has 0 bridgehead atoms. The molecule has 4 rings (SSSR count). The fourth-order valence-electron chi connectivity index (χ4n) is 3.48. The lowest BCUT2D eigenvalue weighted by Crippen LogP contribution is -2.39. The molecule has 1 aromatic heterocycles. The summed E-state index contributed by atoms with van der Waals surface area (Å²) in [6, 6.07) is 8.99. The number of hydrogen-bond acceptors (Lipinski definition) is 5. The van der Waals surface area contributed by atoms with E-state index in [2.05, 4.69) is 39.2 Å². The van der Waals surface area contributed by atoms with Crippen LogP contribution < -0.4 is 9.64 Å². The lowest BCUT2D eigenvalue weighted by molar-refractivity contribution is 0.0829. The summed E-state index contributed by atoms with van der Waals surface area (Å²) in [5.74, 6) is 0.948. The van der Waals surface area contributed by atoms with Gasteiger partial charge in [-0.2, -0.15) is 0 Å². The van der Waals surface area contributed by atoms with Crippen molar-refractivity contribution >= 4 is 16.5 Å². The summed E-state index contributed by atoms with van der Waals surface area (Å²) in [7, 11) is 1.73. The van der Waals surface area contributed by atoms with E-state index in [4.69, 9.17) is 4.74 Å². The smallest absolute Gasteiger partial charge is 0.185 e. The zero-order valence-electron chi connectivity index (χ0n) is 13.6. The van der Waals surface area contributed by atoms with Crippen molar-refractivity contribution in [2.75, 3.05) is 31.6 Å². The molecule has 5 heteroatoms. The first kappa shape index (κ1) is 15.0. The lowest BCUT2D eigenvalue weighted by Gasteiger charge is -2.41. The molecule has 0 saturated carbocycles. The van der Waals surface area contributed by atoms with Crippen molar-refractivity contribution in [2.45, 2.75) is 31.8 Å². The molecule has 3 heterocycles. The third-order valence-electron chi connectivity index (χ3n) is 4.89. The largest absolute Gasteiger partial charge is 0.497 e. The molecule has 0 unspecified atom stereocenters. The van der Waals surface area contributed by atoms with Crippen LogP contribution in [0.1, 0.15) is 35.7 Å². The van der Waals surface area contributed by atoms with E-state index >= 15 is 0 Å². The average molecular weight is 329 g/mol. The van der Waals surface area contributed by atoms with Crippen molar-refractivity contribution in [1.29, 1.82) is 0 Å². The van der Waals surface area contributed by atoms with E-state index in [0.717, 1.165) is 12.3 Å². The van der Waals surface area contributed by atoms with Crippen molar-refractivity contribution in [3.63, 3.8) is 0 Å². The molecule has 2 fully saturated rings. The number of ether oxygens (including phenoxy) is 1. The second kappa shape index (κ2) is 6.49. The number of methoxy groups -OCH3 is 1. The van der Waals surface area contributed by atoms with Gasteiger partial charge in [0, 0.05) is 43.3 Å². The van der Waals surface area contributed by atoms with Crippen molar-refractivity contribution in [3.05, 3.63) is 40.9 Å². The van der Waals surface area contributed by atoms with Crippen LogP contribution in [0.15, 0.2) is 30.5 Å². The molecule has 23 heavy (non-hydrogen) atoms. The molecule has 2 aliphatic rings. The maximum Gasteiger partial charge on any atom is 0.185 e. The highest BCUT2D eigenvalue weighted by Crippen LogP contribution is 2.37. The van der Waals surface area contributed by atoms with Gasteiger partial charge in [-0.05, 0) is 37.0 Å². The molecular formula is C18H23N3OS. The third-order valence-corrected chi connectivity index (χ3v) is 5.93. The third kappa shape index (κ3) is 3.08. The van der Waals surface area contributed by atoms with E-state index in [1.807, 2.05) is 17.4 Å². The van der Waals surface area contributed by atoms with Crippen LogP contribution in [0.3, 0.4) is 0 Å². The molecule has 0 radical (unpaired) electrons. The van der Waals surface area contributed by atoms with Gasteiger partial charge < -0.3 is 9.64 Å². The Morgan fingerprint density at radius 3 is 2.87 bits per heavy atom. The summed E-state index contributed by atoms with van der Waals surface area (Å²) in [5, 5.41) is 1.20. The Labute approximate surface area is 141 Å². The molecule has 2 aliphatic heterocycles. The predicted molar refractivity (Wildman–Crippen MR) is 94.3 cm³/mol. The highest BCUT2D eigenvalue weighted by Gasteiger charge is 2.30. The maximum atomic E-state index is 5.36. The van der Waals surface area contributed by atoms with Gasteiger partial charge in [0.25, 0.3) is 0 Å². The van der Waals surface area contributed by atoms with Crippen molar-refractivity contribution in [1.82, 2.24) is 9.88 Å². The van der Waals surface area contributed by atoms with Crippen molar-refractivity contribution in [3.8, 4) is 5.75 Å². The van der Waals surface area contributed by atoms with Crippen LogP contribution in [0.5, 0.6) is 5.75 Å². The highest BCUT2D eigenvalue weighted by molar-refractivity contribution is 7.15. The van der Waals surface area contributed by atoms with Crippen LogP contribution in [0.4, 0.5) is 5.13 Å². The Morgan fingerprint density at radius 1 is 1.26 bits per heavy atom. The molecule has 0 amide bonds. The molecule has 0 spiro atoms. The molecule has 0 N–H and O–H groups in total. The minimum absolute atomic E-state index is 0.516. The quantitative estimate of drug-likeness (QED) is 0.836. The minimum atomic E-state index is 0.516. The van der Waals surface area contributed by atoms with Gasteiger partial charge >= 0.3 is 0 Å². The average Bonchev–Trinajstić information content (AvgIpc) is 3.23. The number of likely N-dealkylation sites (tertiary alicyclic amines) is 1. The van der Waals surface area contributed by atoms with E-state index in [9.17, 15) is 0 Å². The van der Waals surface area contributed by atoms with Gasteiger partial charge in [0.15, 0.2) is 5.13 Å². The van der Waals surface area contributed by atoms with Gasteiger partial charge in [-0.3, -0.25) is 4.90 Å². The standard InChI is InChI=1S/C18H23N3OS/c1-22-15-6-4-5-14(11-15)17-7-10-21(17)13-16-12-19-18(23-16)20-8-2-3-9-20/h4-6,11-12,17H,2-3,7-10,13H2,1H3/t17-/m0/s1. The Bertz CT molecular complexity index is 666. The van der Waals surface area contributed by atoms with E-state index in [1.165, 1.54) is 54.5 Å². The number of nitrogens with zero attached hydrogens (tertiary/aromatic N) is 3. The summed E-state index contributed by atoms with van der Waals surface area (Å²) < 4.78 is 5.36. The molecule has 1 aromatic carbocycles. The van der Waals surface area contributed by atoms with Gasteiger partial charge in [0.1, 0.15) is 5.75 Å². The Kier molecular flexibility index (Phi) is 4.23. The first-order valence-electron chi connectivity index (χ1n) is 8.41. The monoisotopic (exact) mass is 329 g/mol. The molecule has 1 atom stereocenters. The molecule has 2 saturated heterocycles. The van der Waals surface area contributed by atoms with Gasteiger partial charge in [-0.1, -0.05) is 12.1 Å². The number of hydrogen-bond donors (Lipinski definition) is 0. The predicted octanol–water partition coefficient (Wildman–Crippen LogP) is 3.70. The van der Waals surface area contributed by atoms with Crippen LogP contribution in [-0.2, 0) is 6.54 Å². The second-order valence-electron chi connectivity index (χ2n) is 6.35. The summed E-state index contributed by atoms with van der Waals surface area (Å²) in [6.45, 7) is 4.51. The van der Waals surface area contributed by atoms with Crippen LogP contribution in [0, 0.1) is 0 Å². The normalized spacial score (nSPS) is 21.4. The van der Waals surface area contributed by atoms with Gasteiger partial charge in [0.05, 0.1) is 7.11 Å². The van der Waals surface area contributed by atoms with Gasteiger partial charge in [-0.15, -0.1) is 11.3 Å². The number of aromatic nitrogens is 1. The number of benzene rings is 1. The highest BCUT2D eigenvalue weighted by atomic mass is 32.1. The Hall–Kier alpha value is -1.59. The number of anilines is 1. The maximum absolute atomic E-state index is 5.36. The van der Waals surface area contributed by atoms with E-state index in [-0.39, 0.29) is 0 Å². The van der Waals surface area contributed by atoms with Gasteiger partial charge in [-0.25, -0.2) is 4.98 Å². The summed E-state index contributed by atoms with van der Waals surface area (Å²) in [6.07, 6.45) is 5.90. The summed E-state index contributed by atoms with van der Waals surface area (Å²) in [4.78, 5) is 11.0. The van der Waals surface area contributed by atoms with Gasteiger partial charge in [0.2, 0.25) is 0 Å². The summed E-state index contributed by atoms with van der Waals surface area (Å²) in [5.41, 5.74) is 1.36. The van der Waals surface area contributed by atoms with Crippen LogP contribution in [0.25, 0.3) is 0 Å². The van der Waals surface area contributed by atoms with Crippen LogP contribution >= 0.6 is 11.3 Å². The van der Waals surface area contributed by atoms with E-state index in [0.29, 0.717) is 6.04 Å². The number of rotatable bonds is 5. The molecule has 0 aliphatic carbocycles. The molecule has 122 valence electrons. The number of thiazole rings is 1. The van der Waals surface area contributed by atoms with E-state index in [1.54, 1.807) is 7.11 Å². The lowest BCUT2D eigenvalue weighted by atomic mass is 9.94. The molecule has 4 nitrogen and oxygen atoms in total. The first-order valence-corrected chi connectivity index (χ1v) is 9.23. The first-order chi connectivity index (χ1) is 11.3. The topological polar surface area (TPSA) is 28.6 Å². The van der Waals surface area contributed by atoms with Crippen LogP contribution in [-0.4, -0.2) is 36.6 Å². The Balaban J connectivity index is 1.42. The SMILES string of the molecule is COc1cccc([C@@H]2CCN2Cc2cnc(N3CCCC3)s2)c1. The van der Waals surface area contributed by atoms with Crippen LogP contribution in [0.2, 0.25) is 0 Å². The van der Waals surface area contributed by atoms with E-state index < -0.39 is 0 Å². The molecular weight excluding hydrogens is 306 g/mol. The second-order valence-corrected chi connectivity index (χ2v) is 7.45. The summed E-state index contributed by atoms with van der Waals surface area (Å²) >= 11 is 1.86. The van der Waals surface area contributed by atoms with Crippen molar-refractivity contribution in [2.24, 2.45) is 0 Å². The fourth-order valence-corrected chi connectivity index (χ4v) is 4.47. The minimum Gasteiger partial charge on any atom is -0.497 e. The zero-order chi connectivity index (χ0) is 15.6. The van der Waals surface area contributed by atoms with Crippen molar-refractivity contribution < 1.29 is 4.74 Å². The zero-order valence-corrected chi connectivity index (χ0v) is 14.4. The molecule has 2 aromatic rings.